The molecule has 5 N–H and O–H groups in total. The first-order chi connectivity index (χ1) is 7.15. The Bertz CT molecular complexity index is 342. The van der Waals surface area contributed by atoms with E-state index in [1.165, 1.54) is 17.0 Å². The Labute approximate surface area is 85.7 Å². The van der Waals surface area contributed by atoms with Crippen molar-refractivity contribution in [3.8, 4) is 0 Å². The Hall–Kier alpha value is -1.15. The summed E-state index contributed by atoms with van der Waals surface area (Å²) >= 11 is 0. The molecule has 0 aliphatic carbocycles. The lowest BCUT2D eigenvalue weighted by Crippen LogP contribution is -2.33. The van der Waals surface area contributed by atoms with E-state index in [4.69, 9.17) is 15.6 Å². The molecule has 15 heavy (non-hydrogen) atoms. The molecule has 1 aromatic rings. The van der Waals surface area contributed by atoms with Crippen LogP contribution in [-0.2, 0) is 4.74 Å². The van der Waals surface area contributed by atoms with Crippen LogP contribution >= 0.6 is 0 Å². The van der Waals surface area contributed by atoms with Gasteiger partial charge in [-0.2, -0.15) is 0 Å². The quantitative estimate of drug-likeness (QED) is 0.457. The second-order valence-corrected chi connectivity index (χ2v) is 3.42. The van der Waals surface area contributed by atoms with Crippen molar-refractivity contribution in [3.63, 3.8) is 0 Å². The van der Waals surface area contributed by atoms with E-state index in [9.17, 15) is 10.2 Å². The lowest BCUT2D eigenvalue weighted by atomic mass is 10.1. The minimum atomic E-state index is -1.13. The SMILES string of the molecule is Nc1nccn1C1O[C@H](CO)[C@@H](O)[C@H]1O. The molecule has 2 rings (SSSR count). The van der Waals surface area contributed by atoms with E-state index < -0.39 is 24.5 Å². The van der Waals surface area contributed by atoms with Gasteiger partial charge in [-0.1, -0.05) is 0 Å². The summed E-state index contributed by atoms with van der Waals surface area (Å²) in [6.45, 7) is -0.358. The average molecular weight is 215 g/mol. The Morgan fingerprint density at radius 3 is 2.67 bits per heavy atom. The fraction of sp³-hybridized carbons (Fsp3) is 0.625. The van der Waals surface area contributed by atoms with Gasteiger partial charge >= 0.3 is 0 Å². The molecular formula is C8H13N3O4. The maximum Gasteiger partial charge on any atom is 0.202 e. The summed E-state index contributed by atoms with van der Waals surface area (Å²) in [4.78, 5) is 3.78. The molecule has 2 heterocycles. The number of hydrogen-bond acceptors (Lipinski definition) is 6. The minimum Gasteiger partial charge on any atom is -0.394 e. The first-order valence-electron chi connectivity index (χ1n) is 4.56. The molecule has 1 aliphatic heterocycles. The topological polar surface area (TPSA) is 114 Å². The molecule has 0 spiro atoms. The van der Waals surface area contributed by atoms with Crippen molar-refractivity contribution in [3.05, 3.63) is 12.4 Å². The molecule has 7 nitrogen and oxygen atoms in total. The zero-order valence-electron chi connectivity index (χ0n) is 7.89. The molecule has 0 amide bonds. The third-order valence-corrected chi connectivity index (χ3v) is 2.49. The zero-order valence-corrected chi connectivity index (χ0v) is 7.89. The Morgan fingerprint density at radius 1 is 1.47 bits per heavy atom. The summed E-state index contributed by atoms with van der Waals surface area (Å²) in [5.74, 6) is 0.185. The molecule has 7 heteroatoms. The van der Waals surface area contributed by atoms with Crippen LogP contribution in [0, 0.1) is 0 Å². The number of imidazole rings is 1. The number of ether oxygens (including phenoxy) is 1. The summed E-state index contributed by atoms with van der Waals surface area (Å²) in [5.41, 5.74) is 5.53. The lowest BCUT2D eigenvalue weighted by molar-refractivity contribution is -0.0517. The lowest BCUT2D eigenvalue weighted by Gasteiger charge is -2.16. The highest BCUT2D eigenvalue weighted by molar-refractivity contribution is 5.18. The van der Waals surface area contributed by atoms with Crippen molar-refractivity contribution in [1.29, 1.82) is 0 Å². The van der Waals surface area contributed by atoms with Gasteiger partial charge in [0.25, 0.3) is 0 Å². The highest BCUT2D eigenvalue weighted by atomic mass is 16.6. The molecule has 0 saturated carbocycles. The first-order valence-corrected chi connectivity index (χ1v) is 4.56. The second-order valence-electron chi connectivity index (χ2n) is 3.42. The van der Waals surface area contributed by atoms with Gasteiger partial charge in [-0.3, -0.25) is 4.57 Å². The number of aromatic nitrogens is 2. The summed E-state index contributed by atoms with van der Waals surface area (Å²) in [7, 11) is 0. The van der Waals surface area contributed by atoms with Crippen molar-refractivity contribution in [1.82, 2.24) is 9.55 Å². The van der Waals surface area contributed by atoms with Crippen LogP contribution in [0.5, 0.6) is 0 Å². The molecule has 1 saturated heterocycles. The van der Waals surface area contributed by atoms with Crippen LogP contribution in [0.15, 0.2) is 12.4 Å². The van der Waals surface area contributed by atoms with Crippen LogP contribution < -0.4 is 5.73 Å². The zero-order chi connectivity index (χ0) is 11.0. The number of anilines is 1. The molecule has 84 valence electrons. The van der Waals surface area contributed by atoms with Gasteiger partial charge in [-0.05, 0) is 0 Å². The molecule has 1 aliphatic rings. The highest BCUT2D eigenvalue weighted by Gasteiger charge is 2.43. The number of rotatable bonds is 2. The van der Waals surface area contributed by atoms with Crippen molar-refractivity contribution >= 4 is 5.95 Å². The number of aliphatic hydroxyl groups excluding tert-OH is 3. The van der Waals surface area contributed by atoms with E-state index in [-0.39, 0.29) is 12.6 Å². The molecule has 1 aromatic heterocycles. The predicted molar refractivity (Wildman–Crippen MR) is 49.6 cm³/mol. The largest absolute Gasteiger partial charge is 0.394 e. The highest BCUT2D eigenvalue weighted by Crippen LogP contribution is 2.30. The van der Waals surface area contributed by atoms with Crippen LogP contribution in [0.1, 0.15) is 6.23 Å². The number of nitrogens with zero attached hydrogens (tertiary/aromatic N) is 2. The van der Waals surface area contributed by atoms with E-state index in [0.717, 1.165) is 0 Å². The van der Waals surface area contributed by atoms with Gasteiger partial charge < -0.3 is 25.8 Å². The third kappa shape index (κ3) is 1.59. The Balaban J connectivity index is 2.22. The summed E-state index contributed by atoms with van der Waals surface area (Å²) in [5, 5.41) is 28.1. The van der Waals surface area contributed by atoms with Crippen LogP contribution in [-0.4, -0.2) is 49.8 Å². The predicted octanol–water partition coefficient (Wildman–Crippen LogP) is -1.92. The average Bonchev–Trinajstić information content (AvgIpc) is 2.74. The minimum absolute atomic E-state index is 0.185. The third-order valence-electron chi connectivity index (χ3n) is 2.49. The standard InChI is InChI=1S/C8H13N3O4/c9-8-10-1-2-11(8)7-6(14)5(13)4(3-12)15-7/h1-2,4-7,12-14H,3H2,(H2,9,10)/t4-,5-,6-,7?/m1/s1. The van der Waals surface area contributed by atoms with Crippen LogP contribution in [0.4, 0.5) is 5.95 Å². The second kappa shape index (κ2) is 3.78. The fourth-order valence-electron chi connectivity index (χ4n) is 1.65. The smallest absolute Gasteiger partial charge is 0.202 e. The van der Waals surface area contributed by atoms with E-state index in [1.807, 2.05) is 0 Å². The van der Waals surface area contributed by atoms with Crippen LogP contribution in [0.3, 0.4) is 0 Å². The van der Waals surface area contributed by atoms with E-state index >= 15 is 0 Å². The van der Waals surface area contributed by atoms with Crippen molar-refractivity contribution < 1.29 is 20.1 Å². The molecular weight excluding hydrogens is 202 g/mol. The number of hydrogen-bond donors (Lipinski definition) is 4. The van der Waals surface area contributed by atoms with Gasteiger partial charge in [0.05, 0.1) is 6.61 Å². The summed E-state index contributed by atoms with van der Waals surface area (Å²) < 4.78 is 6.66. The maximum atomic E-state index is 9.66. The van der Waals surface area contributed by atoms with Crippen molar-refractivity contribution in [2.24, 2.45) is 0 Å². The maximum absolute atomic E-state index is 9.66. The Morgan fingerprint density at radius 2 is 2.20 bits per heavy atom. The monoisotopic (exact) mass is 215 g/mol. The molecule has 4 atom stereocenters. The molecule has 1 fully saturated rings. The van der Waals surface area contributed by atoms with Crippen LogP contribution in [0.25, 0.3) is 0 Å². The first kappa shape index (κ1) is 10.4. The number of nitrogens with two attached hydrogens (primary N) is 1. The van der Waals surface area contributed by atoms with E-state index in [0.29, 0.717) is 0 Å². The van der Waals surface area contributed by atoms with E-state index in [1.54, 1.807) is 0 Å². The summed E-state index contributed by atoms with van der Waals surface area (Å²) in [6.07, 6.45) is -0.855. The molecule has 0 radical (unpaired) electrons. The van der Waals surface area contributed by atoms with Crippen LogP contribution in [0.2, 0.25) is 0 Å². The van der Waals surface area contributed by atoms with Crippen molar-refractivity contribution in [2.45, 2.75) is 24.5 Å². The normalized spacial score (nSPS) is 35.9. The van der Waals surface area contributed by atoms with Gasteiger partial charge in [0.1, 0.15) is 18.3 Å². The number of nitrogen functional groups attached to an aromatic ring is 1. The summed E-state index contributed by atoms with van der Waals surface area (Å²) in [6, 6.07) is 0. The fourth-order valence-corrected chi connectivity index (χ4v) is 1.65. The molecule has 1 unspecified atom stereocenters. The van der Waals surface area contributed by atoms with Gasteiger partial charge in [-0.15, -0.1) is 0 Å². The van der Waals surface area contributed by atoms with Gasteiger partial charge in [0.15, 0.2) is 6.23 Å². The molecule has 0 bridgehead atoms. The van der Waals surface area contributed by atoms with Crippen molar-refractivity contribution in [2.75, 3.05) is 12.3 Å². The van der Waals surface area contributed by atoms with Gasteiger partial charge in [0.2, 0.25) is 5.95 Å². The van der Waals surface area contributed by atoms with Gasteiger partial charge in [0, 0.05) is 12.4 Å². The molecule has 0 aromatic carbocycles. The Kier molecular flexibility index (Phi) is 2.61. The van der Waals surface area contributed by atoms with E-state index in [2.05, 4.69) is 4.98 Å². The van der Waals surface area contributed by atoms with Gasteiger partial charge in [-0.25, -0.2) is 4.98 Å². The number of aliphatic hydroxyl groups is 3.